The molecule has 3 heterocycles. The third-order valence-electron chi connectivity index (χ3n) is 7.12. The van der Waals surface area contributed by atoms with Crippen molar-refractivity contribution < 1.29 is 5.11 Å². The molecule has 0 spiro atoms. The summed E-state index contributed by atoms with van der Waals surface area (Å²) in [5.41, 5.74) is 4.25. The molecule has 0 bridgehead atoms. The molecule has 0 radical (unpaired) electrons. The van der Waals surface area contributed by atoms with Gasteiger partial charge in [-0.15, -0.1) is 0 Å². The Kier molecular flexibility index (Phi) is 7.37. The molecular formula is C26H37N7O. The average molecular weight is 464 g/mol. The minimum absolute atomic E-state index is 0.193. The third kappa shape index (κ3) is 5.24. The molecule has 1 aliphatic heterocycles. The number of benzene rings is 1. The van der Waals surface area contributed by atoms with E-state index < -0.39 is 0 Å². The first kappa shape index (κ1) is 23.2. The van der Waals surface area contributed by atoms with E-state index in [1.807, 2.05) is 6.20 Å². The highest BCUT2D eigenvalue weighted by Crippen LogP contribution is 2.34. The molecule has 3 N–H and O–H groups in total. The highest BCUT2D eigenvalue weighted by Gasteiger charge is 2.25. The second kappa shape index (κ2) is 10.8. The molecule has 1 saturated carbocycles. The summed E-state index contributed by atoms with van der Waals surface area (Å²) >= 11 is 0. The first-order valence-electron chi connectivity index (χ1n) is 12.9. The maximum atomic E-state index is 10.0. The number of fused-ring (bicyclic) bond motifs is 1. The lowest BCUT2D eigenvalue weighted by Gasteiger charge is -2.27. The van der Waals surface area contributed by atoms with Crippen LogP contribution in [0.25, 0.3) is 22.3 Å². The first-order valence-corrected chi connectivity index (χ1v) is 12.9. The van der Waals surface area contributed by atoms with Gasteiger partial charge < -0.3 is 15.7 Å². The van der Waals surface area contributed by atoms with Crippen molar-refractivity contribution in [3.63, 3.8) is 0 Å². The number of aromatic nitrogens is 4. The Bertz CT molecular complexity index is 1070. The topological polar surface area (TPSA) is 91.1 Å². The molecule has 1 aliphatic carbocycles. The molecule has 8 nitrogen and oxygen atoms in total. The fraction of sp³-hybridized carbons (Fsp3) is 0.577. The molecule has 1 aromatic carbocycles. The van der Waals surface area contributed by atoms with Gasteiger partial charge in [0.25, 0.3) is 0 Å². The van der Waals surface area contributed by atoms with Gasteiger partial charge in [-0.2, -0.15) is 10.1 Å². The molecule has 0 unspecified atom stereocenters. The van der Waals surface area contributed by atoms with Crippen LogP contribution in [-0.2, 0) is 6.54 Å². The summed E-state index contributed by atoms with van der Waals surface area (Å²) in [7, 11) is 0. The quantitative estimate of drug-likeness (QED) is 0.440. The minimum atomic E-state index is -0.193. The molecule has 2 aromatic heterocycles. The number of nitrogens with one attached hydrogen (secondary N) is 2. The van der Waals surface area contributed by atoms with Crippen molar-refractivity contribution in [1.29, 1.82) is 0 Å². The fourth-order valence-corrected chi connectivity index (χ4v) is 5.05. The van der Waals surface area contributed by atoms with Crippen LogP contribution in [0, 0.1) is 0 Å². The van der Waals surface area contributed by atoms with Gasteiger partial charge in [0, 0.05) is 51.0 Å². The van der Waals surface area contributed by atoms with Crippen LogP contribution in [0.1, 0.15) is 57.1 Å². The van der Waals surface area contributed by atoms with Gasteiger partial charge in [-0.1, -0.05) is 37.6 Å². The number of unbranched alkanes of at least 4 members (excludes halogenated alkanes) is 1. The Morgan fingerprint density at radius 2 is 1.85 bits per heavy atom. The monoisotopic (exact) mass is 463 g/mol. The Hall–Kier alpha value is -2.55. The lowest BCUT2D eigenvalue weighted by Crippen LogP contribution is -2.42. The summed E-state index contributed by atoms with van der Waals surface area (Å²) in [6, 6.07) is 9.06. The van der Waals surface area contributed by atoms with E-state index in [0.717, 1.165) is 100 Å². The summed E-state index contributed by atoms with van der Waals surface area (Å²) in [6.45, 7) is 8.35. The van der Waals surface area contributed by atoms with E-state index >= 15 is 0 Å². The van der Waals surface area contributed by atoms with Crippen molar-refractivity contribution in [2.24, 2.45) is 0 Å². The van der Waals surface area contributed by atoms with E-state index in [9.17, 15) is 5.11 Å². The molecule has 2 aliphatic rings. The molecule has 5 rings (SSSR count). The van der Waals surface area contributed by atoms with Crippen LogP contribution < -0.4 is 10.6 Å². The Morgan fingerprint density at radius 3 is 2.59 bits per heavy atom. The second-order valence-corrected chi connectivity index (χ2v) is 9.69. The van der Waals surface area contributed by atoms with E-state index in [2.05, 4.69) is 56.4 Å². The maximum Gasteiger partial charge on any atom is 0.224 e. The standard InChI is InChI=1S/C26H37N7O/c1-2-3-12-28-26-29-17-23-24(31-33(25(23)30-26)21-8-10-22(34)11-9-21)20-6-4-19(5-7-20)18-32-15-13-27-14-16-32/h4-7,17,21-22,27,34H,2-3,8-16,18H2,1H3,(H,28,29,30). The summed E-state index contributed by atoms with van der Waals surface area (Å²) in [4.78, 5) is 12.0. The number of hydrogen-bond acceptors (Lipinski definition) is 7. The molecule has 3 aromatic rings. The van der Waals surface area contributed by atoms with E-state index in [1.54, 1.807) is 0 Å². The summed E-state index contributed by atoms with van der Waals surface area (Å²) in [5, 5.41) is 22.8. The molecule has 0 amide bonds. The second-order valence-electron chi connectivity index (χ2n) is 9.69. The molecule has 2 fully saturated rings. The summed E-state index contributed by atoms with van der Waals surface area (Å²) in [6.07, 6.45) is 7.42. The largest absolute Gasteiger partial charge is 0.393 e. The lowest BCUT2D eigenvalue weighted by molar-refractivity contribution is 0.109. The molecule has 0 atom stereocenters. The van der Waals surface area contributed by atoms with Crippen molar-refractivity contribution in [2.45, 2.75) is 64.1 Å². The van der Waals surface area contributed by atoms with Crippen LogP contribution in [0.5, 0.6) is 0 Å². The summed E-state index contributed by atoms with van der Waals surface area (Å²) in [5.74, 6) is 0.663. The van der Waals surface area contributed by atoms with Gasteiger partial charge in [0.15, 0.2) is 5.65 Å². The van der Waals surface area contributed by atoms with E-state index in [4.69, 9.17) is 10.1 Å². The minimum Gasteiger partial charge on any atom is -0.393 e. The molecule has 34 heavy (non-hydrogen) atoms. The maximum absolute atomic E-state index is 10.0. The van der Waals surface area contributed by atoms with E-state index in [1.165, 1.54) is 5.56 Å². The zero-order chi connectivity index (χ0) is 23.3. The predicted octanol–water partition coefficient (Wildman–Crippen LogP) is 3.59. The molecular weight excluding hydrogens is 426 g/mol. The lowest BCUT2D eigenvalue weighted by atomic mass is 9.93. The van der Waals surface area contributed by atoms with Crippen molar-refractivity contribution >= 4 is 17.0 Å². The van der Waals surface area contributed by atoms with Crippen molar-refractivity contribution in [1.82, 2.24) is 30.0 Å². The van der Waals surface area contributed by atoms with Gasteiger partial charge in [0.05, 0.1) is 17.5 Å². The van der Waals surface area contributed by atoms with Gasteiger partial charge >= 0.3 is 0 Å². The smallest absolute Gasteiger partial charge is 0.224 e. The summed E-state index contributed by atoms with van der Waals surface area (Å²) < 4.78 is 2.10. The molecule has 1 saturated heterocycles. The van der Waals surface area contributed by atoms with Crippen LogP contribution in [0.3, 0.4) is 0 Å². The average Bonchev–Trinajstić information content (AvgIpc) is 3.25. The number of anilines is 1. The Labute approximate surface area is 201 Å². The zero-order valence-corrected chi connectivity index (χ0v) is 20.2. The van der Waals surface area contributed by atoms with E-state index in [-0.39, 0.29) is 12.1 Å². The highest BCUT2D eigenvalue weighted by atomic mass is 16.3. The molecule has 8 heteroatoms. The third-order valence-corrected chi connectivity index (χ3v) is 7.12. The van der Waals surface area contributed by atoms with Gasteiger partial charge in [-0.05, 0) is 37.7 Å². The number of aliphatic hydroxyl groups excluding tert-OH is 1. The van der Waals surface area contributed by atoms with Crippen LogP contribution in [0.2, 0.25) is 0 Å². The van der Waals surface area contributed by atoms with Crippen molar-refractivity contribution in [3.05, 3.63) is 36.0 Å². The van der Waals surface area contributed by atoms with Crippen molar-refractivity contribution in [3.8, 4) is 11.3 Å². The highest BCUT2D eigenvalue weighted by molar-refractivity contribution is 5.91. The normalized spacial score (nSPS) is 21.7. The van der Waals surface area contributed by atoms with Gasteiger partial charge in [-0.25, -0.2) is 9.67 Å². The van der Waals surface area contributed by atoms with Gasteiger partial charge in [0.2, 0.25) is 5.95 Å². The zero-order valence-electron chi connectivity index (χ0n) is 20.2. The Morgan fingerprint density at radius 1 is 1.09 bits per heavy atom. The number of piperazine rings is 1. The number of nitrogens with zero attached hydrogens (tertiary/aromatic N) is 5. The predicted molar refractivity (Wildman–Crippen MR) is 136 cm³/mol. The van der Waals surface area contributed by atoms with Crippen molar-refractivity contribution in [2.75, 3.05) is 38.0 Å². The number of hydrogen-bond donors (Lipinski definition) is 3. The molecule has 182 valence electrons. The first-order chi connectivity index (χ1) is 16.7. The van der Waals surface area contributed by atoms with Gasteiger partial charge in [-0.3, -0.25) is 4.90 Å². The van der Waals surface area contributed by atoms with Crippen LogP contribution in [-0.4, -0.2) is 68.6 Å². The van der Waals surface area contributed by atoms with Gasteiger partial charge in [0.1, 0.15) is 5.69 Å². The number of aliphatic hydroxyl groups is 1. The SMILES string of the molecule is CCCCNc1ncc2c(-c3ccc(CN4CCNCC4)cc3)nn(C3CCC(O)CC3)c2n1. The Balaban J connectivity index is 1.43. The number of rotatable bonds is 8. The van der Waals surface area contributed by atoms with Crippen LogP contribution in [0.4, 0.5) is 5.95 Å². The van der Waals surface area contributed by atoms with E-state index in [0.29, 0.717) is 5.95 Å². The van der Waals surface area contributed by atoms with Crippen LogP contribution in [0.15, 0.2) is 30.5 Å². The van der Waals surface area contributed by atoms with Crippen LogP contribution >= 0.6 is 0 Å². The fourth-order valence-electron chi connectivity index (χ4n) is 5.05.